The van der Waals surface area contributed by atoms with Gasteiger partial charge in [-0.05, 0) is 18.9 Å². The summed E-state index contributed by atoms with van der Waals surface area (Å²) in [7, 11) is 2.06. The first-order chi connectivity index (χ1) is 11.3. The minimum absolute atomic E-state index is 0. The average Bonchev–Trinajstić information content (AvgIpc) is 3.16. The van der Waals surface area contributed by atoms with Crippen LogP contribution in [0.25, 0.3) is 0 Å². The van der Waals surface area contributed by atoms with E-state index in [1.54, 1.807) is 0 Å². The van der Waals surface area contributed by atoms with Crippen LogP contribution in [0.3, 0.4) is 0 Å². The lowest BCUT2D eigenvalue weighted by Gasteiger charge is -2.22. The standard InChI is InChI=1S/C17H24N6.HI/c1-3-18-17(22(2)13-14-8-5-4-6-9-14)19-12-16-21-20-15-10-7-11-23(15)16;/h4-6,8-9H,3,7,10-13H2,1-2H3,(H,18,19);1H. The second kappa shape index (κ2) is 9.00. The number of fused-ring (bicyclic) bond motifs is 1. The predicted molar refractivity (Wildman–Crippen MR) is 106 cm³/mol. The first-order valence-electron chi connectivity index (χ1n) is 8.22. The van der Waals surface area contributed by atoms with Crippen LogP contribution in [0.4, 0.5) is 0 Å². The van der Waals surface area contributed by atoms with E-state index in [0.717, 1.165) is 50.1 Å². The summed E-state index contributed by atoms with van der Waals surface area (Å²) in [5.74, 6) is 2.95. The van der Waals surface area contributed by atoms with E-state index in [1.165, 1.54) is 5.56 Å². The van der Waals surface area contributed by atoms with E-state index >= 15 is 0 Å². The molecule has 0 spiro atoms. The third-order valence-corrected chi connectivity index (χ3v) is 4.02. The molecule has 2 aromatic rings. The fourth-order valence-electron chi connectivity index (χ4n) is 2.88. The van der Waals surface area contributed by atoms with Crippen LogP contribution in [0.5, 0.6) is 0 Å². The number of hydrogen-bond acceptors (Lipinski definition) is 3. The highest BCUT2D eigenvalue weighted by Gasteiger charge is 2.17. The lowest BCUT2D eigenvalue weighted by atomic mass is 10.2. The van der Waals surface area contributed by atoms with Gasteiger partial charge in [0.05, 0.1) is 0 Å². The number of hydrogen-bond donors (Lipinski definition) is 1. The molecular weight excluding hydrogens is 415 g/mol. The molecule has 7 heteroatoms. The second-order valence-corrected chi connectivity index (χ2v) is 5.80. The fourth-order valence-corrected chi connectivity index (χ4v) is 2.88. The number of guanidine groups is 1. The Morgan fingerprint density at radius 3 is 2.83 bits per heavy atom. The van der Waals surface area contributed by atoms with Crippen molar-refractivity contribution in [1.82, 2.24) is 25.0 Å². The van der Waals surface area contributed by atoms with Crippen LogP contribution in [0.15, 0.2) is 35.3 Å². The lowest BCUT2D eigenvalue weighted by Crippen LogP contribution is -2.38. The van der Waals surface area contributed by atoms with Crippen LogP contribution in [-0.2, 0) is 26.1 Å². The van der Waals surface area contributed by atoms with Gasteiger partial charge in [-0.2, -0.15) is 0 Å². The minimum Gasteiger partial charge on any atom is -0.357 e. The predicted octanol–water partition coefficient (Wildman–Crippen LogP) is 2.44. The number of aryl methyl sites for hydroxylation is 1. The smallest absolute Gasteiger partial charge is 0.194 e. The third-order valence-electron chi connectivity index (χ3n) is 4.02. The maximum Gasteiger partial charge on any atom is 0.194 e. The molecule has 0 amide bonds. The zero-order chi connectivity index (χ0) is 16.1. The average molecular weight is 440 g/mol. The summed E-state index contributed by atoms with van der Waals surface area (Å²) < 4.78 is 2.20. The fraction of sp³-hybridized carbons (Fsp3) is 0.471. The Labute approximate surface area is 160 Å². The molecule has 1 aromatic heterocycles. The Kier molecular flexibility index (Phi) is 7.01. The summed E-state index contributed by atoms with van der Waals surface area (Å²) in [6.45, 7) is 5.33. The number of aliphatic imine (C=N–C) groups is 1. The van der Waals surface area contributed by atoms with Crippen molar-refractivity contribution in [2.45, 2.75) is 39.4 Å². The molecule has 1 N–H and O–H groups in total. The zero-order valence-electron chi connectivity index (χ0n) is 14.3. The summed E-state index contributed by atoms with van der Waals surface area (Å²) >= 11 is 0. The van der Waals surface area contributed by atoms with Gasteiger partial charge in [-0.3, -0.25) is 0 Å². The van der Waals surface area contributed by atoms with Crippen LogP contribution >= 0.6 is 24.0 Å². The number of benzene rings is 1. The first-order valence-corrected chi connectivity index (χ1v) is 8.22. The lowest BCUT2D eigenvalue weighted by molar-refractivity contribution is 0.476. The van der Waals surface area contributed by atoms with Crippen molar-refractivity contribution in [3.05, 3.63) is 47.5 Å². The van der Waals surface area contributed by atoms with Gasteiger partial charge in [-0.1, -0.05) is 30.3 Å². The Morgan fingerprint density at radius 1 is 1.29 bits per heavy atom. The number of rotatable bonds is 5. The maximum absolute atomic E-state index is 4.74. The van der Waals surface area contributed by atoms with Gasteiger partial charge in [0, 0.05) is 33.1 Å². The van der Waals surface area contributed by atoms with Crippen LogP contribution in [0, 0.1) is 0 Å². The van der Waals surface area contributed by atoms with Crippen molar-refractivity contribution in [2.24, 2.45) is 4.99 Å². The van der Waals surface area contributed by atoms with Crippen molar-refractivity contribution in [2.75, 3.05) is 13.6 Å². The van der Waals surface area contributed by atoms with Crippen molar-refractivity contribution >= 4 is 29.9 Å². The van der Waals surface area contributed by atoms with Crippen molar-refractivity contribution in [1.29, 1.82) is 0 Å². The van der Waals surface area contributed by atoms with Gasteiger partial charge in [0.2, 0.25) is 0 Å². The Hall–Kier alpha value is -1.64. The van der Waals surface area contributed by atoms with Crippen molar-refractivity contribution in [3.8, 4) is 0 Å². The minimum atomic E-state index is 0. The Balaban J connectivity index is 0.00000208. The molecule has 130 valence electrons. The molecule has 0 saturated carbocycles. The summed E-state index contributed by atoms with van der Waals surface area (Å²) in [6, 6.07) is 10.4. The number of nitrogens with zero attached hydrogens (tertiary/aromatic N) is 5. The van der Waals surface area contributed by atoms with Crippen LogP contribution in [0.1, 0.15) is 30.6 Å². The van der Waals surface area contributed by atoms with Gasteiger partial charge in [0.25, 0.3) is 0 Å². The van der Waals surface area contributed by atoms with Crippen LogP contribution in [0.2, 0.25) is 0 Å². The first kappa shape index (κ1) is 18.7. The van der Waals surface area contributed by atoms with Gasteiger partial charge >= 0.3 is 0 Å². The molecule has 0 saturated heterocycles. The van der Waals surface area contributed by atoms with Crippen molar-refractivity contribution < 1.29 is 0 Å². The maximum atomic E-state index is 4.74. The second-order valence-electron chi connectivity index (χ2n) is 5.80. The zero-order valence-corrected chi connectivity index (χ0v) is 16.6. The van der Waals surface area contributed by atoms with Crippen molar-refractivity contribution in [3.63, 3.8) is 0 Å². The van der Waals surface area contributed by atoms with E-state index in [1.807, 2.05) is 6.07 Å². The molecule has 0 bridgehead atoms. The Bertz CT molecular complexity index is 667. The topological polar surface area (TPSA) is 58.3 Å². The summed E-state index contributed by atoms with van der Waals surface area (Å²) in [6.07, 6.45) is 2.19. The quantitative estimate of drug-likeness (QED) is 0.441. The van der Waals surface area contributed by atoms with E-state index in [0.29, 0.717) is 6.54 Å². The van der Waals surface area contributed by atoms with Gasteiger partial charge in [0.1, 0.15) is 12.4 Å². The molecule has 0 fully saturated rings. The van der Waals surface area contributed by atoms with E-state index in [-0.39, 0.29) is 24.0 Å². The molecular formula is C17H25IN6. The SMILES string of the molecule is CCNC(=NCc1nnc2n1CCC2)N(C)Cc1ccccc1.I. The molecule has 0 unspecified atom stereocenters. The molecule has 24 heavy (non-hydrogen) atoms. The van der Waals surface area contributed by atoms with E-state index in [9.17, 15) is 0 Å². The molecule has 0 atom stereocenters. The summed E-state index contributed by atoms with van der Waals surface area (Å²) in [4.78, 5) is 6.88. The van der Waals surface area contributed by atoms with E-state index < -0.39 is 0 Å². The molecule has 1 aromatic carbocycles. The third kappa shape index (κ3) is 4.46. The number of nitrogens with one attached hydrogen (secondary N) is 1. The number of halogens is 1. The molecule has 2 heterocycles. The monoisotopic (exact) mass is 440 g/mol. The van der Waals surface area contributed by atoms with E-state index in [2.05, 4.69) is 63.2 Å². The molecule has 1 aliphatic heterocycles. The van der Waals surface area contributed by atoms with Crippen LogP contribution < -0.4 is 5.32 Å². The molecule has 1 aliphatic rings. The van der Waals surface area contributed by atoms with Crippen LogP contribution in [-0.4, -0.2) is 39.2 Å². The molecule has 0 radical (unpaired) electrons. The number of aromatic nitrogens is 3. The highest BCUT2D eigenvalue weighted by molar-refractivity contribution is 14.0. The van der Waals surface area contributed by atoms with Gasteiger partial charge in [-0.15, -0.1) is 34.2 Å². The summed E-state index contributed by atoms with van der Waals surface area (Å²) in [5, 5.41) is 11.9. The molecule has 6 nitrogen and oxygen atoms in total. The van der Waals surface area contributed by atoms with E-state index in [4.69, 9.17) is 4.99 Å². The molecule has 0 aliphatic carbocycles. The largest absolute Gasteiger partial charge is 0.357 e. The normalized spacial score (nSPS) is 13.3. The van der Waals surface area contributed by atoms with Gasteiger partial charge < -0.3 is 14.8 Å². The van der Waals surface area contributed by atoms with Gasteiger partial charge in [0.15, 0.2) is 11.8 Å². The highest BCUT2D eigenvalue weighted by Crippen LogP contribution is 2.14. The highest BCUT2D eigenvalue weighted by atomic mass is 127. The molecule has 3 rings (SSSR count). The Morgan fingerprint density at radius 2 is 2.08 bits per heavy atom. The van der Waals surface area contributed by atoms with Gasteiger partial charge in [-0.25, -0.2) is 4.99 Å². The summed E-state index contributed by atoms with van der Waals surface area (Å²) in [5.41, 5.74) is 1.27.